The zero-order valence-electron chi connectivity index (χ0n) is 10.6. The van der Waals surface area contributed by atoms with Crippen molar-refractivity contribution in [1.29, 1.82) is 0 Å². The van der Waals surface area contributed by atoms with Crippen molar-refractivity contribution in [2.24, 2.45) is 5.73 Å². The van der Waals surface area contributed by atoms with Crippen LogP contribution in [0.4, 0.5) is 0 Å². The van der Waals surface area contributed by atoms with Crippen molar-refractivity contribution in [3.05, 3.63) is 23.8 Å². The van der Waals surface area contributed by atoms with Gasteiger partial charge in [-0.2, -0.15) is 4.31 Å². The molecule has 2 rings (SSSR count). The number of nitrogens with two attached hydrogens (primary N) is 1. The van der Waals surface area contributed by atoms with Crippen LogP contribution in [-0.2, 0) is 10.0 Å². The highest BCUT2D eigenvalue weighted by molar-refractivity contribution is 7.89. The van der Waals surface area contributed by atoms with Crippen LogP contribution in [0.5, 0.6) is 5.75 Å². The summed E-state index contributed by atoms with van der Waals surface area (Å²) in [7, 11) is -1.87. The summed E-state index contributed by atoms with van der Waals surface area (Å²) in [6.07, 6.45) is 0.717. The second-order valence-electron chi connectivity index (χ2n) is 4.54. The van der Waals surface area contributed by atoms with E-state index in [9.17, 15) is 8.42 Å². The Bertz CT molecular complexity index is 542. The maximum absolute atomic E-state index is 12.4. The first-order valence-electron chi connectivity index (χ1n) is 5.85. The van der Waals surface area contributed by atoms with Crippen molar-refractivity contribution in [1.82, 2.24) is 4.31 Å². The van der Waals surface area contributed by atoms with Gasteiger partial charge >= 0.3 is 0 Å². The van der Waals surface area contributed by atoms with Gasteiger partial charge in [0.15, 0.2) is 0 Å². The molecule has 100 valence electrons. The second kappa shape index (κ2) is 4.87. The average Bonchev–Trinajstić information content (AvgIpc) is 2.76. The predicted octanol–water partition coefficient (Wildman–Crippen LogP) is 0.725. The van der Waals surface area contributed by atoms with E-state index in [0.717, 1.165) is 0 Å². The van der Waals surface area contributed by atoms with E-state index in [1.165, 1.54) is 4.31 Å². The zero-order chi connectivity index (χ0) is 13.3. The number of rotatable bonds is 3. The van der Waals surface area contributed by atoms with Gasteiger partial charge in [0.05, 0.1) is 12.0 Å². The summed E-state index contributed by atoms with van der Waals surface area (Å²) in [4.78, 5) is 0.331. The van der Waals surface area contributed by atoms with Gasteiger partial charge in [-0.3, -0.25) is 0 Å². The molecule has 0 saturated carbocycles. The summed E-state index contributed by atoms with van der Waals surface area (Å²) in [5, 5.41) is 0. The summed E-state index contributed by atoms with van der Waals surface area (Å²) in [6, 6.07) is 4.92. The van der Waals surface area contributed by atoms with E-state index in [2.05, 4.69) is 0 Å². The van der Waals surface area contributed by atoms with Gasteiger partial charge in [0.2, 0.25) is 10.0 Å². The minimum absolute atomic E-state index is 0.0571. The minimum Gasteiger partial charge on any atom is -0.497 e. The largest absolute Gasteiger partial charge is 0.497 e. The lowest BCUT2D eigenvalue weighted by Gasteiger charge is -2.17. The molecule has 18 heavy (non-hydrogen) atoms. The van der Waals surface area contributed by atoms with Gasteiger partial charge in [-0.1, -0.05) is 0 Å². The van der Waals surface area contributed by atoms with E-state index < -0.39 is 10.0 Å². The molecule has 1 fully saturated rings. The maximum atomic E-state index is 12.4. The Kier molecular flexibility index (Phi) is 3.61. The van der Waals surface area contributed by atoms with Gasteiger partial charge in [-0.25, -0.2) is 8.42 Å². The van der Waals surface area contributed by atoms with Crippen LogP contribution >= 0.6 is 0 Å². The molecule has 1 aromatic carbocycles. The molecule has 1 aliphatic rings. The first kappa shape index (κ1) is 13.3. The normalized spacial score (nSPS) is 21.2. The fraction of sp³-hybridized carbons (Fsp3) is 0.500. The van der Waals surface area contributed by atoms with Gasteiger partial charge < -0.3 is 10.5 Å². The van der Waals surface area contributed by atoms with Crippen molar-refractivity contribution >= 4 is 10.0 Å². The summed E-state index contributed by atoms with van der Waals surface area (Å²) >= 11 is 0. The van der Waals surface area contributed by atoms with Crippen LogP contribution in [0, 0.1) is 6.92 Å². The third-order valence-electron chi connectivity index (χ3n) is 3.19. The van der Waals surface area contributed by atoms with E-state index >= 15 is 0 Å². The molecule has 1 unspecified atom stereocenters. The van der Waals surface area contributed by atoms with Crippen molar-refractivity contribution in [2.75, 3.05) is 20.2 Å². The number of hydrogen-bond acceptors (Lipinski definition) is 4. The summed E-state index contributed by atoms with van der Waals surface area (Å²) in [5.41, 5.74) is 6.45. The molecule has 6 heteroatoms. The number of ether oxygens (including phenoxy) is 1. The fourth-order valence-corrected chi connectivity index (χ4v) is 3.87. The molecule has 0 radical (unpaired) electrons. The van der Waals surface area contributed by atoms with Crippen LogP contribution in [0.25, 0.3) is 0 Å². The lowest BCUT2D eigenvalue weighted by molar-refractivity contribution is 0.414. The Balaban J connectivity index is 2.36. The Morgan fingerprint density at radius 1 is 1.44 bits per heavy atom. The molecule has 1 saturated heterocycles. The molecule has 2 N–H and O–H groups in total. The van der Waals surface area contributed by atoms with Crippen LogP contribution in [-0.4, -0.2) is 39.0 Å². The van der Waals surface area contributed by atoms with Crippen molar-refractivity contribution in [3.8, 4) is 5.75 Å². The zero-order valence-corrected chi connectivity index (χ0v) is 11.4. The van der Waals surface area contributed by atoms with Crippen LogP contribution in [0.2, 0.25) is 0 Å². The highest BCUT2D eigenvalue weighted by Crippen LogP contribution is 2.26. The van der Waals surface area contributed by atoms with E-state index in [4.69, 9.17) is 10.5 Å². The summed E-state index contributed by atoms with van der Waals surface area (Å²) < 4.78 is 31.4. The van der Waals surface area contributed by atoms with Gasteiger partial charge in [0, 0.05) is 19.1 Å². The Morgan fingerprint density at radius 3 is 2.67 bits per heavy atom. The number of methoxy groups -OCH3 is 1. The van der Waals surface area contributed by atoms with Gasteiger partial charge in [-0.15, -0.1) is 0 Å². The molecule has 1 atom stereocenters. The minimum atomic E-state index is -3.43. The summed E-state index contributed by atoms with van der Waals surface area (Å²) in [5.74, 6) is 0.657. The Morgan fingerprint density at radius 2 is 2.17 bits per heavy atom. The smallest absolute Gasteiger partial charge is 0.243 e. The molecule has 1 heterocycles. The number of aryl methyl sites for hydroxylation is 1. The molecule has 1 aliphatic heterocycles. The molecule has 0 bridgehead atoms. The maximum Gasteiger partial charge on any atom is 0.243 e. The molecule has 0 amide bonds. The van der Waals surface area contributed by atoms with Gasteiger partial charge in [-0.05, 0) is 37.1 Å². The van der Waals surface area contributed by atoms with E-state index in [0.29, 0.717) is 35.7 Å². The highest BCUT2D eigenvalue weighted by atomic mass is 32.2. The standard InChI is InChI=1S/C12H18N2O3S/c1-9-7-11(17-2)3-4-12(9)18(15,16)14-6-5-10(13)8-14/h3-4,7,10H,5-6,8,13H2,1-2H3. The molecule has 1 aromatic rings. The monoisotopic (exact) mass is 270 g/mol. The Hall–Kier alpha value is -1.11. The van der Waals surface area contributed by atoms with Crippen LogP contribution in [0.1, 0.15) is 12.0 Å². The van der Waals surface area contributed by atoms with E-state index in [1.54, 1.807) is 32.2 Å². The SMILES string of the molecule is COc1ccc(S(=O)(=O)N2CCC(N)C2)c(C)c1. The molecular weight excluding hydrogens is 252 g/mol. The van der Waals surface area contributed by atoms with Gasteiger partial charge in [0.1, 0.15) is 5.75 Å². The first-order chi connectivity index (χ1) is 8.45. The number of benzene rings is 1. The predicted molar refractivity (Wildman–Crippen MR) is 69.1 cm³/mol. The van der Waals surface area contributed by atoms with Crippen molar-refractivity contribution < 1.29 is 13.2 Å². The first-order valence-corrected chi connectivity index (χ1v) is 7.29. The number of sulfonamides is 1. The van der Waals surface area contributed by atoms with Crippen LogP contribution < -0.4 is 10.5 Å². The third-order valence-corrected chi connectivity index (χ3v) is 5.21. The topological polar surface area (TPSA) is 72.6 Å². The van der Waals surface area contributed by atoms with Crippen molar-refractivity contribution in [3.63, 3.8) is 0 Å². The van der Waals surface area contributed by atoms with E-state index in [1.807, 2.05) is 0 Å². The lowest BCUT2D eigenvalue weighted by atomic mass is 10.2. The Labute approximate surface area is 108 Å². The van der Waals surface area contributed by atoms with Gasteiger partial charge in [0.25, 0.3) is 0 Å². The molecule has 0 aliphatic carbocycles. The van der Waals surface area contributed by atoms with Crippen LogP contribution in [0.15, 0.2) is 23.1 Å². The quantitative estimate of drug-likeness (QED) is 0.878. The molecule has 0 spiro atoms. The highest BCUT2D eigenvalue weighted by Gasteiger charge is 2.31. The summed E-state index contributed by atoms with van der Waals surface area (Å²) in [6.45, 7) is 2.66. The van der Waals surface area contributed by atoms with E-state index in [-0.39, 0.29) is 6.04 Å². The van der Waals surface area contributed by atoms with Crippen LogP contribution in [0.3, 0.4) is 0 Å². The van der Waals surface area contributed by atoms with Crippen molar-refractivity contribution in [2.45, 2.75) is 24.3 Å². The molecular formula is C12H18N2O3S. The lowest BCUT2D eigenvalue weighted by Crippen LogP contribution is -2.32. The number of nitrogens with zero attached hydrogens (tertiary/aromatic N) is 1. The fourth-order valence-electron chi connectivity index (χ4n) is 2.15. The second-order valence-corrected chi connectivity index (χ2v) is 6.45. The number of hydrogen-bond donors (Lipinski definition) is 1. The third kappa shape index (κ3) is 2.36. The molecule has 0 aromatic heterocycles. The molecule has 5 nitrogen and oxygen atoms in total. The average molecular weight is 270 g/mol.